The van der Waals surface area contributed by atoms with Gasteiger partial charge in [0.2, 0.25) is 10.0 Å². The Morgan fingerprint density at radius 2 is 1.95 bits per heavy atom. The number of nitro groups is 1. The lowest BCUT2D eigenvalue weighted by Crippen LogP contribution is -2.26. The van der Waals surface area contributed by atoms with Crippen LogP contribution in [-0.2, 0) is 10.0 Å². The van der Waals surface area contributed by atoms with Crippen molar-refractivity contribution in [2.24, 2.45) is 5.73 Å². The molecule has 0 amide bonds. The highest BCUT2D eigenvalue weighted by atomic mass is 32.2. The fraction of sp³-hybridized carbons (Fsp3) is 0.538. The van der Waals surface area contributed by atoms with Gasteiger partial charge in [0.25, 0.3) is 5.69 Å². The van der Waals surface area contributed by atoms with Crippen molar-refractivity contribution in [1.82, 2.24) is 4.31 Å². The highest BCUT2D eigenvalue weighted by Gasteiger charge is 2.27. The normalized spacial score (nSPS) is 15.0. The monoisotopic (exact) mass is 315 g/mol. The quantitative estimate of drug-likeness (QED) is 0.635. The average Bonchev–Trinajstić information content (AvgIpc) is 2.44. The molecule has 0 heterocycles. The first-order valence-corrected chi connectivity index (χ1v) is 8.03. The van der Waals surface area contributed by atoms with Crippen LogP contribution in [0.4, 0.5) is 5.69 Å². The van der Waals surface area contributed by atoms with Gasteiger partial charge in [-0.15, -0.1) is 0 Å². The number of benzene rings is 1. The molecule has 0 radical (unpaired) electrons. The minimum absolute atomic E-state index is 0.0970. The zero-order valence-corrected chi connectivity index (χ0v) is 13.4. The van der Waals surface area contributed by atoms with Crippen LogP contribution in [0.3, 0.4) is 0 Å². The van der Waals surface area contributed by atoms with Gasteiger partial charge < -0.3 is 5.73 Å². The summed E-state index contributed by atoms with van der Waals surface area (Å²) in [5.41, 5.74) is 6.18. The van der Waals surface area contributed by atoms with Crippen LogP contribution < -0.4 is 5.73 Å². The van der Waals surface area contributed by atoms with Gasteiger partial charge in [0.15, 0.2) is 0 Å². The number of hydrogen-bond acceptors (Lipinski definition) is 5. The maximum Gasteiger partial charge on any atom is 0.274 e. The zero-order chi connectivity index (χ0) is 16.4. The summed E-state index contributed by atoms with van der Waals surface area (Å²) in [5.74, 6) is -0.230. The molecule has 1 rings (SSSR count). The van der Waals surface area contributed by atoms with Crippen molar-refractivity contribution >= 4 is 15.7 Å². The van der Waals surface area contributed by atoms with Crippen molar-refractivity contribution in [3.8, 4) is 0 Å². The SMILES string of the molecule is CCC(N)C(C)c1ccc(S(=O)(=O)N(C)C)cc1[N+](=O)[O-]. The summed E-state index contributed by atoms with van der Waals surface area (Å²) in [4.78, 5) is 10.6. The topological polar surface area (TPSA) is 107 Å². The van der Waals surface area contributed by atoms with Crippen LogP contribution in [0.15, 0.2) is 23.1 Å². The molecule has 2 unspecified atom stereocenters. The summed E-state index contributed by atoms with van der Waals surface area (Å²) in [6, 6.07) is 3.74. The Morgan fingerprint density at radius 1 is 1.38 bits per heavy atom. The molecule has 0 aromatic heterocycles. The van der Waals surface area contributed by atoms with Crippen molar-refractivity contribution in [2.45, 2.75) is 37.1 Å². The number of hydrogen-bond donors (Lipinski definition) is 1. The molecule has 8 heteroatoms. The lowest BCUT2D eigenvalue weighted by atomic mass is 9.91. The van der Waals surface area contributed by atoms with Gasteiger partial charge >= 0.3 is 0 Å². The van der Waals surface area contributed by atoms with E-state index in [1.165, 1.54) is 26.2 Å². The molecule has 0 saturated heterocycles. The first-order chi connectivity index (χ1) is 9.62. The lowest BCUT2D eigenvalue weighted by Gasteiger charge is -2.19. The van der Waals surface area contributed by atoms with E-state index >= 15 is 0 Å². The maximum atomic E-state index is 12.1. The van der Waals surface area contributed by atoms with Gasteiger partial charge in [-0.2, -0.15) is 0 Å². The summed E-state index contributed by atoms with van der Waals surface area (Å²) in [6.07, 6.45) is 0.677. The van der Waals surface area contributed by atoms with E-state index < -0.39 is 14.9 Å². The molecule has 0 aliphatic carbocycles. The van der Waals surface area contributed by atoms with Crippen LogP contribution in [-0.4, -0.2) is 37.8 Å². The number of nitrogens with zero attached hydrogens (tertiary/aromatic N) is 2. The molecule has 0 saturated carbocycles. The van der Waals surface area contributed by atoms with E-state index in [-0.39, 0.29) is 22.5 Å². The molecule has 0 aliphatic heterocycles. The molecular formula is C13H21N3O4S. The molecule has 118 valence electrons. The van der Waals surface area contributed by atoms with Gasteiger partial charge in [0.1, 0.15) is 0 Å². The third kappa shape index (κ3) is 3.58. The second-order valence-corrected chi connectivity index (χ2v) is 7.28. The van der Waals surface area contributed by atoms with E-state index in [4.69, 9.17) is 5.73 Å². The third-order valence-electron chi connectivity index (χ3n) is 3.58. The Hall–Kier alpha value is -1.51. The van der Waals surface area contributed by atoms with E-state index in [1.54, 1.807) is 6.92 Å². The van der Waals surface area contributed by atoms with Crippen molar-refractivity contribution in [3.05, 3.63) is 33.9 Å². The van der Waals surface area contributed by atoms with Crippen molar-refractivity contribution in [3.63, 3.8) is 0 Å². The summed E-state index contributed by atoms with van der Waals surface area (Å²) < 4.78 is 25.1. The summed E-state index contributed by atoms with van der Waals surface area (Å²) in [6.45, 7) is 3.70. The predicted molar refractivity (Wildman–Crippen MR) is 80.7 cm³/mol. The molecular weight excluding hydrogens is 294 g/mol. The van der Waals surface area contributed by atoms with Crippen LogP contribution in [0.5, 0.6) is 0 Å². The Labute approximate surface area is 124 Å². The van der Waals surface area contributed by atoms with Gasteiger partial charge in [0, 0.05) is 37.7 Å². The Balaban J connectivity index is 3.43. The van der Waals surface area contributed by atoms with Gasteiger partial charge in [-0.1, -0.05) is 19.9 Å². The second-order valence-electron chi connectivity index (χ2n) is 5.13. The van der Waals surface area contributed by atoms with E-state index in [1.807, 2.05) is 6.92 Å². The van der Waals surface area contributed by atoms with Crippen LogP contribution in [0, 0.1) is 10.1 Å². The first kappa shape index (κ1) is 17.5. The van der Waals surface area contributed by atoms with E-state index in [9.17, 15) is 18.5 Å². The minimum atomic E-state index is -3.70. The average molecular weight is 315 g/mol. The molecule has 1 aromatic rings. The van der Waals surface area contributed by atoms with E-state index in [0.717, 1.165) is 10.4 Å². The van der Waals surface area contributed by atoms with Gasteiger partial charge in [-0.25, -0.2) is 12.7 Å². The fourth-order valence-electron chi connectivity index (χ4n) is 2.02. The Bertz CT molecular complexity index is 628. The third-order valence-corrected chi connectivity index (χ3v) is 5.39. The van der Waals surface area contributed by atoms with E-state index in [2.05, 4.69) is 0 Å². The van der Waals surface area contributed by atoms with Crippen molar-refractivity contribution < 1.29 is 13.3 Å². The summed E-state index contributed by atoms with van der Waals surface area (Å²) in [7, 11) is -0.944. The summed E-state index contributed by atoms with van der Waals surface area (Å²) >= 11 is 0. The number of sulfonamides is 1. The zero-order valence-electron chi connectivity index (χ0n) is 12.6. The number of rotatable bonds is 6. The second kappa shape index (κ2) is 6.50. The molecule has 7 nitrogen and oxygen atoms in total. The van der Waals surface area contributed by atoms with Gasteiger partial charge in [0.05, 0.1) is 9.82 Å². The standard InChI is InChI=1S/C13H21N3O4S/c1-5-12(14)9(2)11-7-6-10(8-13(11)16(17)18)21(19,20)15(3)4/h6-9,12H,5,14H2,1-4H3. The Morgan fingerprint density at radius 3 is 2.38 bits per heavy atom. The fourth-order valence-corrected chi connectivity index (χ4v) is 2.94. The first-order valence-electron chi connectivity index (χ1n) is 6.59. The van der Waals surface area contributed by atoms with Crippen LogP contribution in [0.1, 0.15) is 31.7 Å². The van der Waals surface area contributed by atoms with Crippen molar-refractivity contribution in [1.29, 1.82) is 0 Å². The molecule has 0 bridgehead atoms. The highest BCUT2D eigenvalue weighted by Crippen LogP contribution is 2.31. The van der Waals surface area contributed by atoms with Gasteiger partial charge in [-0.3, -0.25) is 10.1 Å². The minimum Gasteiger partial charge on any atom is -0.327 e. The number of nitro benzene ring substituents is 1. The predicted octanol–water partition coefficient (Wildman–Crippen LogP) is 1.69. The van der Waals surface area contributed by atoms with E-state index in [0.29, 0.717) is 12.0 Å². The van der Waals surface area contributed by atoms with Crippen LogP contribution in [0.2, 0.25) is 0 Å². The molecule has 2 atom stereocenters. The molecule has 21 heavy (non-hydrogen) atoms. The van der Waals surface area contributed by atoms with Gasteiger partial charge in [-0.05, 0) is 12.5 Å². The molecule has 0 aliphatic rings. The lowest BCUT2D eigenvalue weighted by molar-refractivity contribution is -0.386. The molecule has 0 spiro atoms. The maximum absolute atomic E-state index is 12.1. The van der Waals surface area contributed by atoms with Crippen LogP contribution in [0.25, 0.3) is 0 Å². The molecule has 0 fully saturated rings. The Kier molecular flexibility index (Phi) is 5.43. The molecule has 2 N–H and O–H groups in total. The smallest absolute Gasteiger partial charge is 0.274 e. The highest BCUT2D eigenvalue weighted by molar-refractivity contribution is 7.89. The largest absolute Gasteiger partial charge is 0.327 e. The summed E-state index contributed by atoms with van der Waals surface area (Å²) in [5, 5.41) is 11.2. The van der Waals surface area contributed by atoms with Crippen LogP contribution >= 0.6 is 0 Å². The number of nitrogens with two attached hydrogens (primary N) is 1. The van der Waals surface area contributed by atoms with Crippen molar-refractivity contribution in [2.75, 3.05) is 14.1 Å². The molecule has 1 aromatic carbocycles.